The Balaban J connectivity index is 2.48. The largest absolute Gasteiger partial charge is 0.480 e. The van der Waals surface area contributed by atoms with Crippen LogP contribution in [-0.4, -0.2) is 28.7 Å². The van der Waals surface area contributed by atoms with Crippen LogP contribution in [0, 0.1) is 6.92 Å². The number of carbonyl (C=O) groups excluding carboxylic acids is 1. The lowest BCUT2D eigenvalue weighted by atomic mass is 10.1. The number of nitrogens with one attached hydrogen (secondary N) is 1. The van der Waals surface area contributed by atoms with E-state index in [0.717, 1.165) is 0 Å². The van der Waals surface area contributed by atoms with Crippen molar-refractivity contribution >= 4 is 35.1 Å². The van der Waals surface area contributed by atoms with Crippen LogP contribution < -0.4 is 5.32 Å². The minimum Gasteiger partial charge on any atom is -0.480 e. The van der Waals surface area contributed by atoms with Gasteiger partial charge in [-0.2, -0.15) is 0 Å². The number of nitrogens with zero attached hydrogens (tertiary/aromatic N) is 1. The van der Waals surface area contributed by atoms with Gasteiger partial charge in [0.15, 0.2) is 5.76 Å². The highest BCUT2D eigenvalue weighted by Crippen LogP contribution is 2.37. The molecule has 2 N–H and O–H groups in total. The van der Waals surface area contributed by atoms with Gasteiger partial charge in [-0.1, -0.05) is 34.4 Å². The van der Waals surface area contributed by atoms with E-state index in [4.69, 9.17) is 32.8 Å². The summed E-state index contributed by atoms with van der Waals surface area (Å²) >= 11 is 12.2. The van der Waals surface area contributed by atoms with Gasteiger partial charge >= 0.3 is 5.97 Å². The number of aromatic nitrogens is 1. The van der Waals surface area contributed by atoms with Crippen LogP contribution in [0.15, 0.2) is 22.7 Å². The zero-order chi connectivity index (χ0) is 15.6. The van der Waals surface area contributed by atoms with Gasteiger partial charge in [-0.05, 0) is 19.1 Å². The zero-order valence-electron chi connectivity index (χ0n) is 10.8. The van der Waals surface area contributed by atoms with Crippen molar-refractivity contribution in [1.82, 2.24) is 10.5 Å². The number of carbonyl (C=O) groups is 2. The molecule has 110 valence electrons. The predicted molar refractivity (Wildman–Crippen MR) is 76.7 cm³/mol. The second-order valence-corrected chi connectivity index (χ2v) is 4.96. The highest BCUT2D eigenvalue weighted by molar-refractivity contribution is 6.39. The van der Waals surface area contributed by atoms with E-state index < -0.39 is 18.4 Å². The van der Waals surface area contributed by atoms with E-state index in [1.54, 1.807) is 25.1 Å². The molecular weight excluding hydrogens is 319 g/mol. The minimum atomic E-state index is -1.16. The molecule has 1 aromatic carbocycles. The summed E-state index contributed by atoms with van der Waals surface area (Å²) in [5, 5.41) is 15.2. The van der Waals surface area contributed by atoms with Gasteiger partial charge in [0.2, 0.25) is 0 Å². The van der Waals surface area contributed by atoms with Gasteiger partial charge < -0.3 is 14.9 Å². The number of rotatable bonds is 4. The maximum Gasteiger partial charge on any atom is 0.322 e. The van der Waals surface area contributed by atoms with E-state index in [9.17, 15) is 9.59 Å². The molecule has 0 unspecified atom stereocenters. The molecule has 2 rings (SSSR count). The first-order chi connectivity index (χ1) is 9.91. The first-order valence-electron chi connectivity index (χ1n) is 5.82. The molecular formula is C13H10Cl2N2O4. The third-order valence-electron chi connectivity index (χ3n) is 2.68. The van der Waals surface area contributed by atoms with Crippen LogP contribution in [0.25, 0.3) is 11.3 Å². The van der Waals surface area contributed by atoms with E-state index in [-0.39, 0.29) is 11.3 Å². The molecule has 0 aliphatic carbocycles. The number of benzene rings is 1. The molecule has 21 heavy (non-hydrogen) atoms. The van der Waals surface area contributed by atoms with Gasteiger partial charge in [-0.25, -0.2) is 0 Å². The van der Waals surface area contributed by atoms with Gasteiger partial charge in [0.1, 0.15) is 12.1 Å². The molecule has 0 saturated carbocycles. The normalized spacial score (nSPS) is 10.4. The maximum absolute atomic E-state index is 12.1. The number of aryl methyl sites for hydroxylation is 1. The van der Waals surface area contributed by atoms with Gasteiger partial charge in [-0.15, -0.1) is 0 Å². The summed E-state index contributed by atoms with van der Waals surface area (Å²) in [7, 11) is 0. The first kappa shape index (κ1) is 15.3. The quantitative estimate of drug-likeness (QED) is 0.900. The van der Waals surface area contributed by atoms with E-state index in [1.807, 2.05) is 0 Å². The number of aliphatic carboxylic acids is 1. The molecule has 8 heteroatoms. The molecule has 0 fully saturated rings. The number of carboxylic acid groups (broad SMARTS) is 1. The highest BCUT2D eigenvalue weighted by Gasteiger charge is 2.25. The van der Waals surface area contributed by atoms with E-state index in [0.29, 0.717) is 21.3 Å². The average Bonchev–Trinajstić information content (AvgIpc) is 2.78. The fourth-order valence-electron chi connectivity index (χ4n) is 1.77. The van der Waals surface area contributed by atoms with Crippen LogP contribution in [-0.2, 0) is 4.79 Å². The Morgan fingerprint density at radius 2 is 1.95 bits per heavy atom. The van der Waals surface area contributed by atoms with Crippen LogP contribution in [0.2, 0.25) is 10.0 Å². The molecule has 0 bridgehead atoms. The Labute approximate surface area is 129 Å². The lowest BCUT2D eigenvalue weighted by Crippen LogP contribution is -2.29. The summed E-state index contributed by atoms with van der Waals surface area (Å²) < 4.78 is 5.14. The zero-order valence-corrected chi connectivity index (χ0v) is 12.3. The van der Waals surface area contributed by atoms with Crippen molar-refractivity contribution in [1.29, 1.82) is 0 Å². The predicted octanol–water partition coefficient (Wildman–Crippen LogP) is 2.77. The lowest BCUT2D eigenvalue weighted by Gasteiger charge is -2.06. The summed E-state index contributed by atoms with van der Waals surface area (Å²) in [5.74, 6) is -1.68. The lowest BCUT2D eigenvalue weighted by molar-refractivity contribution is -0.135. The van der Waals surface area contributed by atoms with Crippen molar-refractivity contribution in [3.63, 3.8) is 0 Å². The highest BCUT2D eigenvalue weighted by atomic mass is 35.5. The molecule has 6 nitrogen and oxygen atoms in total. The molecule has 0 spiro atoms. The molecule has 1 amide bonds. The van der Waals surface area contributed by atoms with Crippen LogP contribution in [0.4, 0.5) is 0 Å². The summed E-state index contributed by atoms with van der Waals surface area (Å²) in [6.45, 7) is 1.05. The summed E-state index contributed by atoms with van der Waals surface area (Å²) in [4.78, 5) is 22.6. The number of hydrogen-bond acceptors (Lipinski definition) is 4. The number of halogens is 2. The van der Waals surface area contributed by atoms with Crippen molar-refractivity contribution in [3.8, 4) is 11.3 Å². The van der Waals surface area contributed by atoms with Gasteiger partial charge in [0, 0.05) is 0 Å². The van der Waals surface area contributed by atoms with Gasteiger partial charge in [-0.3, -0.25) is 9.59 Å². The number of amides is 1. The molecule has 0 aliphatic rings. The molecule has 0 aliphatic heterocycles. The Morgan fingerprint density at radius 3 is 2.52 bits per heavy atom. The molecule has 0 saturated heterocycles. The third kappa shape index (κ3) is 3.17. The van der Waals surface area contributed by atoms with Gasteiger partial charge in [0.25, 0.3) is 5.91 Å². The fraction of sp³-hybridized carbons (Fsp3) is 0.154. The van der Waals surface area contributed by atoms with E-state index >= 15 is 0 Å². The minimum absolute atomic E-state index is 0.103. The topological polar surface area (TPSA) is 92.4 Å². The summed E-state index contributed by atoms with van der Waals surface area (Å²) in [6.07, 6.45) is 0. The van der Waals surface area contributed by atoms with E-state index in [2.05, 4.69) is 10.5 Å². The molecule has 2 aromatic rings. The third-order valence-corrected chi connectivity index (χ3v) is 3.31. The Bertz CT molecular complexity index is 692. The SMILES string of the molecule is Cc1noc(-c2c(Cl)cccc2Cl)c1C(=O)NCC(=O)O. The standard InChI is InChI=1S/C13H10Cl2N2O4/c1-6-10(13(20)16-5-9(18)19)12(21-17-6)11-7(14)3-2-4-8(11)15/h2-4H,5H2,1H3,(H,16,20)(H,18,19). The molecule has 1 heterocycles. The smallest absolute Gasteiger partial charge is 0.322 e. The monoisotopic (exact) mass is 328 g/mol. The van der Waals surface area contributed by atoms with Crippen molar-refractivity contribution in [2.24, 2.45) is 0 Å². The van der Waals surface area contributed by atoms with Crippen LogP contribution >= 0.6 is 23.2 Å². The van der Waals surface area contributed by atoms with Crippen LogP contribution in [0.5, 0.6) is 0 Å². The first-order valence-corrected chi connectivity index (χ1v) is 6.58. The number of hydrogen-bond donors (Lipinski definition) is 2. The van der Waals surface area contributed by atoms with Crippen LogP contribution in [0.3, 0.4) is 0 Å². The average molecular weight is 329 g/mol. The van der Waals surface area contributed by atoms with Crippen LogP contribution in [0.1, 0.15) is 16.1 Å². The summed E-state index contributed by atoms with van der Waals surface area (Å²) in [5.41, 5.74) is 0.747. The van der Waals surface area contributed by atoms with Crippen molar-refractivity contribution < 1.29 is 19.2 Å². The summed E-state index contributed by atoms with van der Waals surface area (Å²) in [6, 6.07) is 4.85. The molecule has 0 atom stereocenters. The second-order valence-electron chi connectivity index (χ2n) is 4.15. The fourth-order valence-corrected chi connectivity index (χ4v) is 2.34. The Hall–Kier alpha value is -2.05. The Morgan fingerprint density at radius 1 is 1.33 bits per heavy atom. The Kier molecular flexibility index (Phi) is 4.50. The maximum atomic E-state index is 12.1. The van der Waals surface area contributed by atoms with Crippen molar-refractivity contribution in [3.05, 3.63) is 39.5 Å². The van der Waals surface area contributed by atoms with Crippen molar-refractivity contribution in [2.45, 2.75) is 6.92 Å². The number of carboxylic acids is 1. The second kappa shape index (κ2) is 6.15. The van der Waals surface area contributed by atoms with Gasteiger partial charge in [0.05, 0.1) is 21.3 Å². The van der Waals surface area contributed by atoms with Crippen molar-refractivity contribution in [2.75, 3.05) is 6.54 Å². The molecule has 1 aromatic heterocycles. The molecule has 0 radical (unpaired) electrons. The van der Waals surface area contributed by atoms with E-state index in [1.165, 1.54) is 0 Å².